The highest BCUT2D eigenvalue weighted by Gasteiger charge is 2.09. The van der Waals surface area contributed by atoms with E-state index in [1.165, 1.54) is 28.7 Å². The van der Waals surface area contributed by atoms with E-state index < -0.39 is 0 Å². The van der Waals surface area contributed by atoms with E-state index in [2.05, 4.69) is 29.0 Å². The number of amides is 1. The number of carbonyl (C=O) groups excluding carboxylic acids is 1. The summed E-state index contributed by atoms with van der Waals surface area (Å²) in [6, 6.07) is 7.70. The number of benzene rings is 1. The summed E-state index contributed by atoms with van der Waals surface area (Å²) in [5, 5.41) is 11.0. The molecule has 0 fully saturated rings. The van der Waals surface area contributed by atoms with E-state index in [0.29, 0.717) is 10.9 Å². The maximum absolute atomic E-state index is 11.8. The summed E-state index contributed by atoms with van der Waals surface area (Å²) in [6.07, 6.45) is 2.77. The minimum absolute atomic E-state index is 0.0554. The van der Waals surface area contributed by atoms with Gasteiger partial charge in [0.05, 0.1) is 0 Å². The van der Waals surface area contributed by atoms with Crippen LogP contribution in [0.1, 0.15) is 12.5 Å². The van der Waals surface area contributed by atoms with Crippen molar-refractivity contribution in [1.29, 1.82) is 0 Å². The molecule has 1 N–H and O–H groups in total. The molecule has 1 amide bonds. The van der Waals surface area contributed by atoms with Crippen LogP contribution >= 0.6 is 23.1 Å². The Labute approximate surface area is 137 Å². The Bertz CT molecular complexity index is 626. The Morgan fingerprint density at radius 1 is 1.41 bits per heavy atom. The van der Waals surface area contributed by atoms with E-state index in [4.69, 9.17) is 4.74 Å². The highest BCUT2D eigenvalue weighted by Crippen LogP contribution is 2.25. The summed E-state index contributed by atoms with van der Waals surface area (Å²) in [5.74, 6) is 1.18. The number of aromatic nitrogens is 2. The minimum atomic E-state index is -0.254. The summed E-state index contributed by atoms with van der Waals surface area (Å²) < 4.78 is 6.23. The van der Waals surface area contributed by atoms with Gasteiger partial charge < -0.3 is 4.74 Å². The summed E-state index contributed by atoms with van der Waals surface area (Å²) >= 11 is 2.86. The van der Waals surface area contributed by atoms with Gasteiger partial charge in [0, 0.05) is 5.75 Å². The van der Waals surface area contributed by atoms with Gasteiger partial charge in [-0.2, -0.15) is 0 Å². The number of anilines is 1. The van der Waals surface area contributed by atoms with Gasteiger partial charge in [-0.1, -0.05) is 48.2 Å². The number of thioether (sulfide) groups is 1. The average Bonchev–Trinajstić information content (AvgIpc) is 2.98. The lowest BCUT2D eigenvalue weighted by molar-refractivity contribution is -0.118. The predicted octanol–water partition coefficient (Wildman–Crippen LogP) is 3.40. The van der Waals surface area contributed by atoms with Crippen molar-refractivity contribution in [2.75, 3.05) is 17.7 Å². The van der Waals surface area contributed by atoms with Gasteiger partial charge in [0.2, 0.25) is 5.13 Å². The lowest BCUT2D eigenvalue weighted by Crippen LogP contribution is -2.20. The van der Waals surface area contributed by atoms with Crippen LogP contribution in [-0.4, -0.2) is 28.5 Å². The quantitative estimate of drug-likeness (QED) is 0.455. The van der Waals surface area contributed by atoms with Crippen molar-refractivity contribution in [1.82, 2.24) is 10.2 Å². The van der Waals surface area contributed by atoms with Gasteiger partial charge in [0.25, 0.3) is 5.91 Å². The highest BCUT2D eigenvalue weighted by molar-refractivity contribution is 8.01. The smallest absolute Gasteiger partial charge is 0.264 e. The van der Waals surface area contributed by atoms with Gasteiger partial charge in [-0.05, 0) is 24.1 Å². The Morgan fingerprint density at radius 3 is 2.86 bits per heavy atom. The van der Waals surface area contributed by atoms with Crippen molar-refractivity contribution in [3.63, 3.8) is 0 Å². The zero-order valence-electron chi connectivity index (χ0n) is 12.2. The molecule has 0 radical (unpaired) electrons. The first kappa shape index (κ1) is 16.5. The van der Waals surface area contributed by atoms with Crippen LogP contribution in [0.4, 0.5) is 5.13 Å². The normalized spacial score (nSPS) is 10.2. The molecular formula is C15H17N3O2S2. The van der Waals surface area contributed by atoms with Gasteiger partial charge in [-0.25, -0.2) is 0 Å². The Balaban J connectivity index is 1.79. The van der Waals surface area contributed by atoms with Gasteiger partial charge in [-0.15, -0.1) is 16.8 Å². The molecule has 0 aliphatic carbocycles. The van der Waals surface area contributed by atoms with E-state index in [9.17, 15) is 4.79 Å². The molecule has 0 saturated heterocycles. The summed E-state index contributed by atoms with van der Waals surface area (Å²) in [5.41, 5.74) is 1.23. The molecule has 0 unspecified atom stereocenters. The fourth-order valence-electron chi connectivity index (χ4n) is 1.57. The van der Waals surface area contributed by atoms with Crippen LogP contribution in [0.3, 0.4) is 0 Å². The lowest BCUT2D eigenvalue weighted by atomic mass is 10.2. The zero-order valence-corrected chi connectivity index (χ0v) is 13.9. The second kappa shape index (κ2) is 8.55. The molecule has 22 heavy (non-hydrogen) atoms. The molecule has 1 heterocycles. The van der Waals surface area contributed by atoms with E-state index in [1.807, 2.05) is 24.3 Å². The van der Waals surface area contributed by atoms with E-state index in [0.717, 1.165) is 16.5 Å². The lowest BCUT2D eigenvalue weighted by Gasteiger charge is -2.06. The van der Waals surface area contributed by atoms with Crippen LogP contribution in [0.15, 0.2) is 41.3 Å². The molecule has 116 valence electrons. The second-order valence-corrected chi connectivity index (χ2v) is 6.55. The van der Waals surface area contributed by atoms with Crippen molar-refractivity contribution in [3.05, 3.63) is 42.5 Å². The number of nitrogens with zero attached hydrogens (tertiary/aromatic N) is 2. The Morgan fingerprint density at radius 2 is 2.18 bits per heavy atom. The number of aryl methyl sites for hydroxylation is 1. The summed E-state index contributed by atoms with van der Waals surface area (Å²) in [4.78, 5) is 11.8. The minimum Gasteiger partial charge on any atom is -0.484 e. The molecule has 2 aromatic rings. The first-order valence-corrected chi connectivity index (χ1v) is 8.60. The number of hydrogen-bond donors (Lipinski definition) is 1. The number of carbonyl (C=O) groups is 1. The molecule has 2 rings (SSSR count). The number of rotatable bonds is 8. The molecule has 5 nitrogen and oxygen atoms in total. The SMILES string of the molecule is C=CCSc1nnc(NC(=O)COc2ccc(CC)cc2)s1. The molecule has 1 aromatic carbocycles. The number of hydrogen-bond acceptors (Lipinski definition) is 6. The van der Waals surface area contributed by atoms with Gasteiger partial charge in [0.15, 0.2) is 10.9 Å². The molecule has 1 aromatic heterocycles. The molecule has 0 aliphatic rings. The molecule has 7 heteroatoms. The van der Waals surface area contributed by atoms with E-state index in [1.54, 1.807) is 6.08 Å². The third-order valence-electron chi connectivity index (χ3n) is 2.68. The Hall–Kier alpha value is -1.86. The van der Waals surface area contributed by atoms with Crippen LogP contribution in [0.25, 0.3) is 0 Å². The van der Waals surface area contributed by atoms with Crippen LogP contribution in [-0.2, 0) is 11.2 Å². The maximum atomic E-state index is 11.8. The number of ether oxygens (including phenoxy) is 1. The van der Waals surface area contributed by atoms with Crippen LogP contribution in [0.2, 0.25) is 0 Å². The molecule has 0 atom stereocenters. The highest BCUT2D eigenvalue weighted by atomic mass is 32.2. The van der Waals surface area contributed by atoms with Crippen LogP contribution in [0.5, 0.6) is 5.75 Å². The number of nitrogens with one attached hydrogen (secondary N) is 1. The topological polar surface area (TPSA) is 64.1 Å². The molecular weight excluding hydrogens is 318 g/mol. The Kier molecular flexibility index (Phi) is 6.42. The molecule has 0 aliphatic heterocycles. The summed E-state index contributed by atoms with van der Waals surface area (Å²) in [7, 11) is 0. The molecule has 0 spiro atoms. The van der Waals surface area contributed by atoms with Crippen molar-refractivity contribution in [2.24, 2.45) is 0 Å². The summed E-state index contributed by atoms with van der Waals surface area (Å²) in [6.45, 7) is 5.68. The fraction of sp³-hybridized carbons (Fsp3) is 0.267. The van der Waals surface area contributed by atoms with Crippen LogP contribution < -0.4 is 10.1 Å². The zero-order chi connectivity index (χ0) is 15.8. The second-order valence-electron chi connectivity index (χ2n) is 4.31. The fourth-order valence-corrected chi connectivity index (χ4v) is 3.10. The van der Waals surface area contributed by atoms with Crippen LogP contribution in [0, 0.1) is 0 Å². The van der Waals surface area contributed by atoms with Crippen molar-refractivity contribution >= 4 is 34.1 Å². The van der Waals surface area contributed by atoms with Crippen molar-refractivity contribution < 1.29 is 9.53 Å². The van der Waals surface area contributed by atoms with E-state index in [-0.39, 0.29) is 12.5 Å². The van der Waals surface area contributed by atoms with Crippen molar-refractivity contribution in [2.45, 2.75) is 17.7 Å². The standard InChI is InChI=1S/C15H17N3O2S2/c1-3-9-21-15-18-17-14(22-15)16-13(19)10-20-12-7-5-11(4-2)6-8-12/h3,5-8H,1,4,9-10H2,2H3,(H,16,17,19). The van der Waals surface area contributed by atoms with Gasteiger partial charge in [-0.3, -0.25) is 10.1 Å². The van der Waals surface area contributed by atoms with E-state index >= 15 is 0 Å². The first-order valence-electron chi connectivity index (χ1n) is 6.80. The average molecular weight is 335 g/mol. The first-order chi connectivity index (χ1) is 10.7. The van der Waals surface area contributed by atoms with Gasteiger partial charge >= 0.3 is 0 Å². The molecule has 0 saturated carbocycles. The molecule has 0 bridgehead atoms. The van der Waals surface area contributed by atoms with Crippen molar-refractivity contribution in [3.8, 4) is 5.75 Å². The maximum Gasteiger partial charge on any atom is 0.264 e. The third-order valence-corrected chi connectivity index (χ3v) is 4.65. The predicted molar refractivity (Wildman–Crippen MR) is 90.8 cm³/mol. The monoisotopic (exact) mass is 335 g/mol. The largest absolute Gasteiger partial charge is 0.484 e. The van der Waals surface area contributed by atoms with Gasteiger partial charge in [0.1, 0.15) is 5.75 Å². The third kappa shape index (κ3) is 5.16.